The molecule has 4 N–H and O–H groups in total. The lowest BCUT2D eigenvalue weighted by molar-refractivity contribution is -0.137. The highest BCUT2D eigenvalue weighted by Crippen LogP contribution is 2.50. The van der Waals surface area contributed by atoms with E-state index in [2.05, 4.69) is 39.4 Å². The molecule has 11 heteroatoms. The number of nitrogens with two attached hydrogens (primary N) is 1. The monoisotopic (exact) mass is 561 g/mol. The van der Waals surface area contributed by atoms with Crippen LogP contribution >= 0.6 is 0 Å². The average Bonchev–Trinajstić information content (AvgIpc) is 3.62. The quantitative estimate of drug-likeness (QED) is 0.384. The molecule has 0 bridgehead atoms. The molecule has 0 unspecified atom stereocenters. The maximum absolute atomic E-state index is 15.5. The number of carbonyl (C=O) groups excluding carboxylic acids is 2. The van der Waals surface area contributed by atoms with Crippen molar-refractivity contribution in [2.24, 2.45) is 5.73 Å². The molecule has 1 saturated heterocycles. The Morgan fingerprint density at radius 3 is 2.73 bits per heavy atom. The number of primary amides is 1. The van der Waals surface area contributed by atoms with Crippen LogP contribution in [0.1, 0.15) is 58.4 Å². The number of likely N-dealkylation sites (tertiary alicyclic amines) is 1. The van der Waals surface area contributed by atoms with Crippen LogP contribution in [0.3, 0.4) is 0 Å². The van der Waals surface area contributed by atoms with Gasteiger partial charge in [-0.1, -0.05) is 18.2 Å². The fourth-order valence-corrected chi connectivity index (χ4v) is 6.55. The summed E-state index contributed by atoms with van der Waals surface area (Å²) in [6.45, 7) is 4.76. The summed E-state index contributed by atoms with van der Waals surface area (Å²) in [5.74, 6) is -2.73. The number of nitrogens with one attached hydrogen (secondary N) is 1. The zero-order chi connectivity index (χ0) is 28.9. The Labute approximate surface area is 236 Å². The number of carboxylic acids is 1. The Morgan fingerprint density at radius 1 is 1.27 bits per heavy atom. The first-order valence-electron chi connectivity index (χ1n) is 13.8. The van der Waals surface area contributed by atoms with Crippen LogP contribution in [0.4, 0.5) is 4.39 Å². The number of aryl methyl sites for hydroxylation is 1. The number of carbonyl (C=O) groups is 3. The number of fused-ring (bicyclic) bond motifs is 4. The largest absolute Gasteiger partial charge is 0.492 e. The van der Waals surface area contributed by atoms with Crippen molar-refractivity contribution in [1.82, 2.24) is 20.0 Å². The molecule has 0 saturated carbocycles. The van der Waals surface area contributed by atoms with Gasteiger partial charge in [0.2, 0.25) is 5.91 Å². The van der Waals surface area contributed by atoms with E-state index in [-0.39, 0.29) is 30.4 Å². The molecule has 3 aliphatic heterocycles. The molecule has 41 heavy (non-hydrogen) atoms. The van der Waals surface area contributed by atoms with Crippen LogP contribution in [0.25, 0.3) is 11.1 Å². The molecule has 1 fully saturated rings. The molecule has 10 nitrogen and oxygen atoms in total. The van der Waals surface area contributed by atoms with Gasteiger partial charge in [0.15, 0.2) is 0 Å². The van der Waals surface area contributed by atoms with E-state index >= 15 is 4.39 Å². The fourth-order valence-electron chi connectivity index (χ4n) is 6.55. The van der Waals surface area contributed by atoms with E-state index in [0.717, 1.165) is 54.9 Å². The van der Waals surface area contributed by atoms with Crippen LogP contribution in [0.5, 0.6) is 5.75 Å². The number of piperidine rings is 1. The van der Waals surface area contributed by atoms with Gasteiger partial charge in [-0.25, -0.2) is 4.39 Å². The fraction of sp³-hybridized carbons (Fsp3) is 0.400. The van der Waals surface area contributed by atoms with Gasteiger partial charge >= 0.3 is 5.97 Å². The summed E-state index contributed by atoms with van der Waals surface area (Å²) >= 11 is 0. The number of ether oxygens (including phenoxy) is 1. The van der Waals surface area contributed by atoms with Gasteiger partial charge in [0.25, 0.3) is 5.91 Å². The van der Waals surface area contributed by atoms with Gasteiger partial charge in [-0.15, -0.1) is 0 Å². The third-order valence-electron chi connectivity index (χ3n) is 8.82. The van der Waals surface area contributed by atoms with E-state index in [1.165, 1.54) is 16.5 Å². The Balaban J connectivity index is 1.19. The number of nitrogens with zero attached hydrogens (tertiary/aromatic N) is 3. The number of rotatable bonds is 8. The Kier molecular flexibility index (Phi) is 6.77. The molecule has 3 aliphatic rings. The summed E-state index contributed by atoms with van der Waals surface area (Å²) in [5, 5.41) is 16.2. The number of aromatic nitrogens is 2. The van der Waals surface area contributed by atoms with E-state index in [1.807, 2.05) is 13.1 Å². The lowest BCUT2D eigenvalue weighted by Gasteiger charge is -2.38. The van der Waals surface area contributed by atoms with E-state index in [0.29, 0.717) is 17.9 Å². The molecule has 1 spiro atoms. The van der Waals surface area contributed by atoms with Gasteiger partial charge in [0.1, 0.15) is 17.6 Å². The first-order valence-corrected chi connectivity index (χ1v) is 13.8. The molecular weight excluding hydrogens is 529 g/mol. The minimum Gasteiger partial charge on any atom is -0.492 e. The van der Waals surface area contributed by atoms with Crippen molar-refractivity contribution in [3.8, 4) is 16.9 Å². The molecule has 0 aliphatic carbocycles. The SMILES string of the molecule is Cc1[nH]ncc1-c1cccc(CN2CCC3(CC2)COc2c3cc(F)c3c2CN([C@@H](CCC(=O)O)C(N)=O)C3=O)c1. The summed E-state index contributed by atoms with van der Waals surface area (Å²) in [5.41, 5.74) is 10.6. The van der Waals surface area contributed by atoms with Gasteiger partial charge in [0.05, 0.1) is 24.9 Å². The van der Waals surface area contributed by atoms with Gasteiger partial charge in [-0.05, 0) is 62.5 Å². The zero-order valence-corrected chi connectivity index (χ0v) is 22.8. The number of aliphatic carboxylic acids is 1. The predicted octanol–water partition coefficient (Wildman–Crippen LogP) is 3.12. The summed E-state index contributed by atoms with van der Waals surface area (Å²) in [4.78, 5) is 39.9. The molecular formula is C30H32FN5O5. The van der Waals surface area contributed by atoms with Crippen molar-refractivity contribution in [2.75, 3.05) is 19.7 Å². The standard InChI is InChI=1S/C30H32FN5O5/c1-17-20(13-33-34-17)19-4-2-3-18(11-19)14-35-9-7-30(8-10-35)16-41-27-21-15-36(24(28(32)39)5-6-25(37)38)29(40)26(21)23(31)12-22(27)30/h2-4,11-13,24H,5-10,14-16H2,1H3,(H2,32,39)(H,33,34)(H,37,38)/t24-/m0/s1. The van der Waals surface area contributed by atoms with E-state index in [9.17, 15) is 14.4 Å². The number of aromatic amines is 1. The third-order valence-corrected chi connectivity index (χ3v) is 8.82. The second-order valence-corrected chi connectivity index (χ2v) is 11.3. The number of carboxylic acid groups (broad SMARTS) is 1. The Bertz CT molecular complexity index is 1540. The minimum absolute atomic E-state index is 0.0455. The smallest absolute Gasteiger partial charge is 0.303 e. The number of amides is 2. The second kappa shape index (κ2) is 10.3. The number of benzene rings is 2. The molecule has 6 rings (SSSR count). The van der Waals surface area contributed by atoms with Crippen molar-refractivity contribution in [1.29, 1.82) is 0 Å². The normalized spacial score (nSPS) is 18.3. The van der Waals surface area contributed by atoms with Crippen molar-refractivity contribution in [2.45, 2.75) is 57.2 Å². The molecule has 214 valence electrons. The summed E-state index contributed by atoms with van der Waals surface area (Å²) in [6.07, 6.45) is 2.92. The van der Waals surface area contributed by atoms with Crippen molar-refractivity contribution in [3.63, 3.8) is 0 Å². The Morgan fingerprint density at radius 2 is 2.05 bits per heavy atom. The first kappa shape index (κ1) is 26.9. The average molecular weight is 562 g/mol. The molecule has 0 radical (unpaired) electrons. The van der Waals surface area contributed by atoms with Crippen LogP contribution < -0.4 is 10.5 Å². The lowest BCUT2D eigenvalue weighted by atomic mass is 9.73. The number of H-pyrrole nitrogens is 1. The summed E-state index contributed by atoms with van der Waals surface area (Å²) < 4.78 is 21.7. The van der Waals surface area contributed by atoms with Crippen LogP contribution in [0, 0.1) is 12.7 Å². The number of halogens is 1. The topological polar surface area (TPSA) is 142 Å². The van der Waals surface area contributed by atoms with Gasteiger partial charge in [0, 0.05) is 40.8 Å². The lowest BCUT2D eigenvalue weighted by Crippen LogP contribution is -2.45. The van der Waals surface area contributed by atoms with Crippen molar-refractivity contribution in [3.05, 3.63) is 70.3 Å². The molecule has 1 atom stereocenters. The Hall–Kier alpha value is -4.25. The summed E-state index contributed by atoms with van der Waals surface area (Å²) in [7, 11) is 0. The van der Waals surface area contributed by atoms with Gasteiger partial charge in [-0.2, -0.15) is 5.10 Å². The summed E-state index contributed by atoms with van der Waals surface area (Å²) in [6, 6.07) is 8.72. The van der Waals surface area contributed by atoms with E-state index in [1.54, 1.807) is 0 Å². The number of hydrogen-bond acceptors (Lipinski definition) is 6. The van der Waals surface area contributed by atoms with Crippen molar-refractivity contribution >= 4 is 17.8 Å². The van der Waals surface area contributed by atoms with Gasteiger partial charge in [-0.3, -0.25) is 24.4 Å². The zero-order valence-electron chi connectivity index (χ0n) is 22.8. The van der Waals surface area contributed by atoms with Crippen LogP contribution in [-0.2, 0) is 28.1 Å². The molecule has 2 aromatic carbocycles. The van der Waals surface area contributed by atoms with E-state index in [4.69, 9.17) is 15.6 Å². The first-order chi connectivity index (χ1) is 19.7. The van der Waals surface area contributed by atoms with Crippen molar-refractivity contribution < 1.29 is 28.6 Å². The maximum Gasteiger partial charge on any atom is 0.303 e. The molecule has 1 aromatic heterocycles. The second-order valence-electron chi connectivity index (χ2n) is 11.3. The van der Waals surface area contributed by atoms with Crippen LogP contribution in [0.2, 0.25) is 0 Å². The van der Waals surface area contributed by atoms with Crippen LogP contribution in [0.15, 0.2) is 36.5 Å². The molecule has 2 amide bonds. The third kappa shape index (κ3) is 4.73. The predicted molar refractivity (Wildman–Crippen MR) is 147 cm³/mol. The highest BCUT2D eigenvalue weighted by Gasteiger charge is 2.48. The van der Waals surface area contributed by atoms with Gasteiger partial charge < -0.3 is 20.5 Å². The number of hydrogen-bond donors (Lipinski definition) is 3. The minimum atomic E-state index is -1.14. The molecule has 4 heterocycles. The van der Waals surface area contributed by atoms with Crippen LogP contribution in [-0.4, -0.2) is 68.6 Å². The highest BCUT2D eigenvalue weighted by atomic mass is 19.1. The highest BCUT2D eigenvalue weighted by molar-refractivity contribution is 6.02. The maximum atomic E-state index is 15.5. The van der Waals surface area contributed by atoms with E-state index < -0.39 is 29.6 Å². The molecule has 3 aromatic rings.